The van der Waals surface area contributed by atoms with Crippen molar-refractivity contribution in [2.24, 2.45) is 0 Å². The van der Waals surface area contributed by atoms with Crippen LogP contribution in [0.4, 0.5) is 10.1 Å². The first-order valence-electron chi connectivity index (χ1n) is 8.50. The summed E-state index contributed by atoms with van der Waals surface area (Å²) in [4.78, 5) is 13.8. The summed E-state index contributed by atoms with van der Waals surface area (Å²) >= 11 is 0. The van der Waals surface area contributed by atoms with E-state index in [0.717, 1.165) is 24.2 Å². The lowest BCUT2D eigenvalue weighted by Gasteiger charge is -2.25. The average Bonchev–Trinajstić information content (AvgIpc) is 2.93. The lowest BCUT2D eigenvalue weighted by atomic mass is 10.1. The van der Waals surface area contributed by atoms with Gasteiger partial charge in [-0.25, -0.2) is 4.79 Å². The SMILES string of the molecule is CCOC(=O)C(F)Oc1cccc2c1CC(C)N2Cc1ccccc1. The molecule has 132 valence electrons. The van der Waals surface area contributed by atoms with E-state index in [2.05, 4.69) is 28.7 Å². The molecular weight excluding hydrogens is 321 g/mol. The van der Waals surface area contributed by atoms with Gasteiger partial charge in [0.2, 0.25) is 0 Å². The van der Waals surface area contributed by atoms with E-state index < -0.39 is 12.3 Å². The van der Waals surface area contributed by atoms with Gasteiger partial charge in [0.15, 0.2) is 0 Å². The number of halogens is 1. The van der Waals surface area contributed by atoms with E-state index in [9.17, 15) is 9.18 Å². The number of benzene rings is 2. The maximum absolute atomic E-state index is 14.0. The summed E-state index contributed by atoms with van der Waals surface area (Å²) in [5, 5.41) is 0. The van der Waals surface area contributed by atoms with Crippen LogP contribution in [0.3, 0.4) is 0 Å². The summed E-state index contributed by atoms with van der Waals surface area (Å²) in [5.41, 5.74) is 3.16. The van der Waals surface area contributed by atoms with Crippen LogP contribution >= 0.6 is 0 Å². The van der Waals surface area contributed by atoms with Crippen LogP contribution in [0.25, 0.3) is 0 Å². The molecule has 5 heteroatoms. The molecule has 0 aliphatic carbocycles. The van der Waals surface area contributed by atoms with Crippen molar-refractivity contribution in [2.75, 3.05) is 11.5 Å². The van der Waals surface area contributed by atoms with E-state index in [-0.39, 0.29) is 12.6 Å². The third kappa shape index (κ3) is 3.76. The zero-order chi connectivity index (χ0) is 17.8. The standard InChI is InChI=1S/C20H22FNO3/c1-3-24-20(23)19(21)25-18-11-7-10-17-16(18)12-14(2)22(17)13-15-8-5-4-6-9-15/h4-11,14,19H,3,12-13H2,1-2H3. The Morgan fingerprint density at radius 3 is 2.72 bits per heavy atom. The monoisotopic (exact) mass is 343 g/mol. The highest BCUT2D eigenvalue weighted by molar-refractivity contribution is 5.74. The van der Waals surface area contributed by atoms with Crippen molar-refractivity contribution in [3.8, 4) is 5.75 Å². The van der Waals surface area contributed by atoms with Crippen molar-refractivity contribution in [3.05, 3.63) is 59.7 Å². The van der Waals surface area contributed by atoms with Gasteiger partial charge in [-0.05, 0) is 38.0 Å². The molecule has 0 bridgehead atoms. The predicted octanol–water partition coefficient (Wildman–Crippen LogP) is 3.88. The second-order valence-corrected chi connectivity index (χ2v) is 6.11. The Bertz CT molecular complexity index is 735. The highest BCUT2D eigenvalue weighted by Crippen LogP contribution is 2.39. The minimum absolute atomic E-state index is 0.122. The lowest BCUT2D eigenvalue weighted by molar-refractivity contribution is -0.159. The fraction of sp³-hybridized carbons (Fsp3) is 0.350. The van der Waals surface area contributed by atoms with Gasteiger partial charge in [-0.15, -0.1) is 0 Å². The fourth-order valence-electron chi connectivity index (χ4n) is 3.17. The minimum atomic E-state index is -2.11. The summed E-state index contributed by atoms with van der Waals surface area (Å²) in [7, 11) is 0. The maximum Gasteiger partial charge on any atom is 0.381 e. The van der Waals surface area contributed by atoms with Crippen molar-refractivity contribution in [1.82, 2.24) is 0 Å². The van der Waals surface area contributed by atoms with E-state index in [1.165, 1.54) is 5.56 Å². The van der Waals surface area contributed by atoms with Crippen LogP contribution in [0.15, 0.2) is 48.5 Å². The van der Waals surface area contributed by atoms with Gasteiger partial charge in [0.05, 0.1) is 6.61 Å². The fourth-order valence-corrected chi connectivity index (χ4v) is 3.17. The number of hydrogen-bond acceptors (Lipinski definition) is 4. The number of ether oxygens (including phenoxy) is 2. The Labute approximate surface area is 147 Å². The molecule has 2 unspecified atom stereocenters. The molecule has 0 saturated heterocycles. The first-order valence-corrected chi connectivity index (χ1v) is 8.50. The molecule has 0 fully saturated rings. The smallest absolute Gasteiger partial charge is 0.381 e. The minimum Gasteiger partial charge on any atom is -0.461 e. The molecule has 0 saturated carbocycles. The first kappa shape index (κ1) is 17.3. The van der Waals surface area contributed by atoms with Crippen LogP contribution in [0.2, 0.25) is 0 Å². The highest BCUT2D eigenvalue weighted by atomic mass is 19.1. The van der Waals surface area contributed by atoms with E-state index >= 15 is 0 Å². The second kappa shape index (κ2) is 7.55. The maximum atomic E-state index is 14.0. The Kier molecular flexibility index (Phi) is 5.22. The lowest BCUT2D eigenvalue weighted by Crippen LogP contribution is -2.28. The number of nitrogens with zero attached hydrogens (tertiary/aromatic N) is 1. The van der Waals surface area contributed by atoms with Gasteiger partial charge >= 0.3 is 12.3 Å². The van der Waals surface area contributed by atoms with Gasteiger partial charge in [0, 0.05) is 23.8 Å². The first-order chi connectivity index (χ1) is 12.1. The van der Waals surface area contributed by atoms with E-state index in [1.807, 2.05) is 30.3 Å². The molecule has 1 aliphatic rings. The highest BCUT2D eigenvalue weighted by Gasteiger charge is 2.30. The molecule has 4 nitrogen and oxygen atoms in total. The Morgan fingerprint density at radius 2 is 2.00 bits per heavy atom. The van der Waals surface area contributed by atoms with Crippen LogP contribution in [0.5, 0.6) is 5.75 Å². The number of rotatable bonds is 6. The number of alkyl halides is 1. The largest absolute Gasteiger partial charge is 0.461 e. The summed E-state index contributed by atoms with van der Waals surface area (Å²) < 4.78 is 23.9. The van der Waals surface area contributed by atoms with Crippen LogP contribution in [0, 0.1) is 0 Å². The molecule has 2 atom stereocenters. The number of fused-ring (bicyclic) bond motifs is 1. The normalized spacial score (nSPS) is 17.1. The third-order valence-corrected chi connectivity index (χ3v) is 4.35. The van der Waals surface area contributed by atoms with Crippen molar-refractivity contribution < 1.29 is 18.7 Å². The summed E-state index contributed by atoms with van der Waals surface area (Å²) in [6, 6.07) is 16.0. The average molecular weight is 343 g/mol. The number of carbonyl (C=O) groups is 1. The molecule has 0 amide bonds. The Balaban J connectivity index is 1.81. The Hall–Kier alpha value is -2.56. The summed E-state index contributed by atoms with van der Waals surface area (Å²) in [5.74, 6) is -0.590. The molecule has 2 aromatic carbocycles. The molecule has 1 aliphatic heterocycles. The number of carbonyl (C=O) groups excluding carboxylic acids is 1. The number of esters is 1. The molecule has 0 radical (unpaired) electrons. The van der Waals surface area contributed by atoms with Crippen molar-refractivity contribution >= 4 is 11.7 Å². The van der Waals surface area contributed by atoms with Gasteiger partial charge in [0.1, 0.15) is 5.75 Å². The van der Waals surface area contributed by atoms with Gasteiger partial charge in [0.25, 0.3) is 0 Å². The molecule has 3 rings (SSSR count). The van der Waals surface area contributed by atoms with Crippen molar-refractivity contribution in [2.45, 2.75) is 39.2 Å². The number of anilines is 1. The number of hydrogen-bond donors (Lipinski definition) is 0. The van der Waals surface area contributed by atoms with Crippen molar-refractivity contribution in [3.63, 3.8) is 0 Å². The molecule has 0 aromatic heterocycles. The topological polar surface area (TPSA) is 38.8 Å². The van der Waals surface area contributed by atoms with Gasteiger partial charge in [-0.1, -0.05) is 36.4 Å². The molecule has 25 heavy (non-hydrogen) atoms. The summed E-state index contributed by atoms with van der Waals surface area (Å²) in [6.45, 7) is 4.66. The predicted molar refractivity (Wildman–Crippen MR) is 94.4 cm³/mol. The van der Waals surface area contributed by atoms with Crippen LogP contribution < -0.4 is 9.64 Å². The van der Waals surface area contributed by atoms with E-state index in [1.54, 1.807) is 13.0 Å². The molecule has 0 spiro atoms. The molecule has 1 heterocycles. The second-order valence-electron chi connectivity index (χ2n) is 6.11. The molecule has 2 aromatic rings. The Morgan fingerprint density at radius 1 is 1.24 bits per heavy atom. The van der Waals surface area contributed by atoms with Crippen LogP contribution in [0.1, 0.15) is 25.0 Å². The van der Waals surface area contributed by atoms with E-state index in [4.69, 9.17) is 4.74 Å². The van der Waals surface area contributed by atoms with Gasteiger partial charge in [-0.2, -0.15) is 4.39 Å². The van der Waals surface area contributed by atoms with Crippen LogP contribution in [-0.4, -0.2) is 25.0 Å². The van der Waals surface area contributed by atoms with Crippen molar-refractivity contribution in [1.29, 1.82) is 0 Å². The molecular formula is C20H22FNO3. The van der Waals surface area contributed by atoms with E-state index in [0.29, 0.717) is 5.75 Å². The van der Waals surface area contributed by atoms with Gasteiger partial charge < -0.3 is 14.4 Å². The quantitative estimate of drug-likeness (QED) is 0.746. The van der Waals surface area contributed by atoms with Gasteiger partial charge in [-0.3, -0.25) is 0 Å². The molecule has 0 N–H and O–H groups in total. The van der Waals surface area contributed by atoms with Crippen LogP contribution in [-0.2, 0) is 22.5 Å². The zero-order valence-electron chi connectivity index (χ0n) is 14.4. The third-order valence-electron chi connectivity index (χ3n) is 4.35. The summed E-state index contributed by atoms with van der Waals surface area (Å²) in [6.07, 6.45) is -1.36. The zero-order valence-corrected chi connectivity index (χ0v) is 14.4.